The Morgan fingerprint density at radius 3 is 3.22 bits per heavy atom. The number of hydrogen-bond donors (Lipinski definition) is 1. The van der Waals surface area contributed by atoms with Crippen LogP contribution < -0.4 is 5.73 Å². The summed E-state index contributed by atoms with van der Waals surface area (Å²) >= 11 is 1.38. The summed E-state index contributed by atoms with van der Waals surface area (Å²) in [6.45, 7) is 2.37. The predicted molar refractivity (Wildman–Crippen MR) is 71.4 cm³/mol. The molecule has 6 heteroatoms. The maximum absolute atomic E-state index is 12.1. The van der Waals surface area contributed by atoms with Crippen molar-refractivity contribution in [3.8, 4) is 0 Å². The molecule has 2 rings (SSSR count). The number of anilines is 1. The number of ether oxygens (including phenoxy) is 1. The van der Waals surface area contributed by atoms with Gasteiger partial charge in [0.15, 0.2) is 5.13 Å². The Balaban J connectivity index is 1.88. The average molecular weight is 269 g/mol. The van der Waals surface area contributed by atoms with Crippen LogP contribution in [0, 0.1) is 5.92 Å². The number of nitrogen functional groups attached to an aromatic ring is 1. The van der Waals surface area contributed by atoms with Crippen molar-refractivity contribution in [1.29, 1.82) is 0 Å². The standard InChI is InChI=1S/C12H19N3O2S/c1-17-7-9-3-2-4-15(6-9)11(16)5-10-8-18-12(13)14-10/h8-9H,2-7H2,1H3,(H2,13,14). The van der Waals surface area contributed by atoms with Gasteiger partial charge in [0, 0.05) is 25.6 Å². The van der Waals surface area contributed by atoms with Crippen LogP contribution in [-0.4, -0.2) is 42.6 Å². The van der Waals surface area contributed by atoms with Crippen molar-refractivity contribution in [1.82, 2.24) is 9.88 Å². The van der Waals surface area contributed by atoms with Crippen LogP contribution in [0.4, 0.5) is 5.13 Å². The highest BCUT2D eigenvalue weighted by atomic mass is 32.1. The molecule has 0 bridgehead atoms. The lowest BCUT2D eigenvalue weighted by atomic mass is 9.98. The van der Waals surface area contributed by atoms with Gasteiger partial charge in [-0.1, -0.05) is 0 Å². The van der Waals surface area contributed by atoms with Gasteiger partial charge >= 0.3 is 0 Å². The van der Waals surface area contributed by atoms with Crippen LogP contribution in [0.1, 0.15) is 18.5 Å². The normalized spacial score (nSPS) is 20.1. The Morgan fingerprint density at radius 1 is 1.72 bits per heavy atom. The number of nitrogens with two attached hydrogens (primary N) is 1. The lowest BCUT2D eigenvalue weighted by molar-refractivity contribution is -0.132. The molecule has 1 amide bonds. The van der Waals surface area contributed by atoms with E-state index in [-0.39, 0.29) is 5.91 Å². The van der Waals surface area contributed by atoms with Crippen molar-refractivity contribution < 1.29 is 9.53 Å². The van der Waals surface area contributed by atoms with E-state index in [1.54, 1.807) is 7.11 Å². The molecule has 1 aromatic heterocycles. The van der Waals surface area contributed by atoms with Gasteiger partial charge in [0.1, 0.15) is 0 Å². The summed E-state index contributed by atoms with van der Waals surface area (Å²) in [6, 6.07) is 0. The van der Waals surface area contributed by atoms with Gasteiger partial charge in [-0.15, -0.1) is 11.3 Å². The fourth-order valence-electron chi connectivity index (χ4n) is 2.33. The summed E-state index contributed by atoms with van der Waals surface area (Å²) in [6.07, 6.45) is 2.55. The Morgan fingerprint density at radius 2 is 2.56 bits per heavy atom. The van der Waals surface area contributed by atoms with Gasteiger partial charge in [0.05, 0.1) is 18.7 Å². The molecule has 5 nitrogen and oxygen atoms in total. The molecule has 1 aliphatic heterocycles. The molecule has 0 saturated carbocycles. The van der Waals surface area contributed by atoms with E-state index in [2.05, 4.69) is 4.98 Å². The molecule has 1 aromatic rings. The van der Waals surface area contributed by atoms with Crippen LogP contribution in [0.25, 0.3) is 0 Å². The zero-order chi connectivity index (χ0) is 13.0. The molecular formula is C12H19N3O2S. The molecule has 1 fully saturated rings. The number of amides is 1. The van der Waals surface area contributed by atoms with E-state index < -0.39 is 0 Å². The Bertz CT molecular complexity index is 406. The van der Waals surface area contributed by atoms with Gasteiger partial charge < -0.3 is 15.4 Å². The Hall–Kier alpha value is -1.14. The first kappa shape index (κ1) is 13.3. The SMILES string of the molecule is COCC1CCCN(C(=O)Cc2csc(N)n2)C1. The monoisotopic (exact) mass is 269 g/mol. The maximum Gasteiger partial charge on any atom is 0.228 e. The molecule has 2 heterocycles. The van der Waals surface area contributed by atoms with Gasteiger partial charge in [-0.2, -0.15) is 0 Å². The van der Waals surface area contributed by atoms with E-state index in [1.165, 1.54) is 11.3 Å². The quantitative estimate of drug-likeness (QED) is 0.890. The minimum Gasteiger partial charge on any atom is -0.384 e. The Labute approximate surface area is 111 Å². The number of methoxy groups -OCH3 is 1. The minimum atomic E-state index is 0.140. The van der Waals surface area contributed by atoms with E-state index in [0.29, 0.717) is 17.5 Å². The fraction of sp³-hybridized carbons (Fsp3) is 0.667. The van der Waals surface area contributed by atoms with Crippen molar-refractivity contribution in [2.75, 3.05) is 32.5 Å². The lowest BCUT2D eigenvalue weighted by Gasteiger charge is -2.32. The first-order chi connectivity index (χ1) is 8.69. The van der Waals surface area contributed by atoms with Crippen molar-refractivity contribution in [3.05, 3.63) is 11.1 Å². The minimum absolute atomic E-state index is 0.140. The summed E-state index contributed by atoms with van der Waals surface area (Å²) in [5.41, 5.74) is 6.33. The summed E-state index contributed by atoms with van der Waals surface area (Å²) in [5, 5.41) is 2.37. The third-order valence-corrected chi connectivity index (χ3v) is 3.90. The first-order valence-corrected chi connectivity index (χ1v) is 7.03. The fourth-order valence-corrected chi connectivity index (χ4v) is 2.90. The molecule has 0 aliphatic carbocycles. The zero-order valence-electron chi connectivity index (χ0n) is 10.6. The second-order valence-corrected chi connectivity index (χ2v) is 5.55. The lowest BCUT2D eigenvalue weighted by Crippen LogP contribution is -2.41. The predicted octanol–water partition coefficient (Wildman–Crippen LogP) is 1.15. The summed E-state index contributed by atoms with van der Waals surface area (Å²) in [5.74, 6) is 0.606. The topological polar surface area (TPSA) is 68.5 Å². The van der Waals surface area contributed by atoms with Gasteiger partial charge in [-0.3, -0.25) is 4.79 Å². The van der Waals surface area contributed by atoms with Gasteiger partial charge in [0.2, 0.25) is 5.91 Å². The molecule has 0 radical (unpaired) electrons. The molecule has 100 valence electrons. The van der Waals surface area contributed by atoms with E-state index in [1.807, 2.05) is 10.3 Å². The number of nitrogens with zero attached hydrogens (tertiary/aromatic N) is 2. The van der Waals surface area contributed by atoms with Gasteiger partial charge in [-0.05, 0) is 18.8 Å². The van der Waals surface area contributed by atoms with Crippen molar-refractivity contribution in [2.24, 2.45) is 5.92 Å². The molecule has 1 unspecified atom stereocenters. The number of piperidine rings is 1. The van der Waals surface area contributed by atoms with Crippen LogP contribution in [0.2, 0.25) is 0 Å². The van der Waals surface area contributed by atoms with E-state index in [4.69, 9.17) is 10.5 Å². The van der Waals surface area contributed by atoms with Crippen molar-refractivity contribution >= 4 is 22.4 Å². The number of hydrogen-bond acceptors (Lipinski definition) is 5. The van der Waals surface area contributed by atoms with Gasteiger partial charge in [-0.25, -0.2) is 4.98 Å². The molecule has 1 atom stereocenters. The van der Waals surface area contributed by atoms with Gasteiger partial charge in [0.25, 0.3) is 0 Å². The highest BCUT2D eigenvalue weighted by Crippen LogP contribution is 2.18. The Kier molecular flexibility index (Phi) is 4.54. The van der Waals surface area contributed by atoms with Crippen LogP contribution in [-0.2, 0) is 16.0 Å². The number of aromatic nitrogens is 1. The summed E-state index contributed by atoms with van der Waals surface area (Å²) in [4.78, 5) is 18.2. The smallest absolute Gasteiger partial charge is 0.228 e. The molecule has 0 aromatic carbocycles. The van der Waals surface area contributed by atoms with Crippen LogP contribution in [0.3, 0.4) is 0 Å². The number of carbonyl (C=O) groups excluding carboxylic acids is 1. The molecular weight excluding hydrogens is 250 g/mol. The highest BCUT2D eigenvalue weighted by molar-refractivity contribution is 7.13. The summed E-state index contributed by atoms with van der Waals surface area (Å²) < 4.78 is 5.17. The third-order valence-electron chi connectivity index (χ3n) is 3.18. The van der Waals surface area contributed by atoms with Crippen LogP contribution in [0.5, 0.6) is 0 Å². The number of rotatable bonds is 4. The average Bonchev–Trinajstić information content (AvgIpc) is 2.75. The molecule has 1 saturated heterocycles. The number of carbonyl (C=O) groups is 1. The maximum atomic E-state index is 12.1. The largest absolute Gasteiger partial charge is 0.384 e. The molecule has 2 N–H and O–H groups in total. The van der Waals surface area contributed by atoms with Crippen molar-refractivity contribution in [3.63, 3.8) is 0 Å². The molecule has 18 heavy (non-hydrogen) atoms. The second kappa shape index (κ2) is 6.15. The van der Waals surface area contributed by atoms with Crippen LogP contribution >= 0.6 is 11.3 Å². The molecule has 0 spiro atoms. The van der Waals surface area contributed by atoms with E-state index in [9.17, 15) is 4.79 Å². The molecule has 1 aliphatic rings. The number of thiazole rings is 1. The highest BCUT2D eigenvalue weighted by Gasteiger charge is 2.23. The second-order valence-electron chi connectivity index (χ2n) is 4.66. The first-order valence-electron chi connectivity index (χ1n) is 6.15. The third kappa shape index (κ3) is 3.43. The number of likely N-dealkylation sites (tertiary alicyclic amines) is 1. The van der Waals surface area contributed by atoms with E-state index in [0.717, 1.165) is 38.2 Å². The van der Waals surface area contributed by atoms with E-state index >= 15 is 0 Å². The summed E-state index contributed by atoms with van der Waals surface area (Å²) in [7, 11) is 1.71. The van der Waals surface area contributed by atoms with Crippen LogP contribution in [0.15, 0.2) is 5.38 Å². The van der Waals surface area contributed by atoms with Crippen molar-refractivity contribution in [2.45, 2.75) is 19.3 Å². The zero-order valence-corrected chi connectivity index (χ0v) is 11.4.